The number of pyridine rings is 1. The first-order valence-corrected chi connectivity index (χ1v) is 10.1. The van der Waals surface area contributed by atoms with E-state index in [1.807, 2.05) is 52.5 Å². The zero-order valence-corrected chi connectivity index (χ0v) is 16.2. The number of carbonyl (C=O) groups is 1. The molecule has 1 aromatic carbocycles. The summed E-state index contributed by atoms with van der Waals surface area (Å²) in [6.07, 6.45) is 2.47. The summed E-state index contributed by atoms with van der Waals surface area (Å²) in [5, 5.41) is 6.84. The van der Waals surface area contributed by atoms with E-state index >= 15 is 0 Å². The van der Waals surface area contributed by atoms with E-state index in [2.05, 4.69) is 24.0 Å². The maximum absolute atomic E-state index is 13.1. The lowest BCUT2D eigenvalue weighted by molar-refractivity contribution is 0.0990. The fourth-order valence-corrected chi connectivity index (χ4v) is 4.40. The van der Waals surface area contributed by atoms with Crippen LogP contribution in [0.5, 0.6) is 0 Å². The second-order valence-corrected chi connectivity index (χ2v) is 7.67. The van der Waals surface area contributed by atoms with Crippen molar-refractivity contribution in [3.63, 3.8) is 0 Å². The fraction of sp³-hybridized carbons (Fsp3) is 0.136. The molecule has 0 bridgehead atoms. The average Bonchev–Trinajstić information content (AvgIpc) is 3.34. The lowest BCUT2D eigenvalue weighted by Gasteiger charge is -2.21. The molecule has 6 heteroatoms. The van der Waals surface area contributed by atoms with Gasteiger partial charge in [0, 0.05) is 29.6 Å². The number of thiophene rings is 1. The number of hydrogen-bond donors (Lipinski definition) is 0. The van der Waals surface area contributed by atoms with Gasteiger partial charge in [-0.25, -0.2) is 9.67 Å². The van der Waals surface area contributed by atoms with Crippen LogP contribution in [0.3, 0.4) is 0 Å². The van der Waals surface area contributed by atoms with Gasteiger partial charge in [-0.2, -0.15) is 5.10 Å². The van der Waals surface area contributed by atoms with Crippen molar-refractivity contribution in [2.75, 3.05) is 11.4 Å². The minimum atomic E-state index is -0.00584. The standard InChI is InChI=1S/C22H18N4OS/c1-15-17-11-13-25(22(27)19-10-6-14-28-19)21-18(9-5-12-23-21)20(17)24-26(15)16-7-3-2-4-8-16/h2-10,12,14H,11,13H2,1H3. The number of carbonyl (C=O) groups excluding carboxylic acids is 1. The number of benzene rings is 1. The van der Waals surface area contributed by atoms with Gasteiger partial charge in [0.25, 0.3) is 5.91 Å². The zero-order valence-electron chi connectivity index (χ0n) is 15.4. The Labute approximate surface area is 166 Å². The molecule has 0 N–H and O–H groups in total. The molecule has 5 nitrogen and oxygen atoms in total. The van der Waals surface area contributed by atoms with Crippen LogP contribution in [0.2, 0.25) is 0 Å². The molecule has 0 saturated heterocycles. The maximum atomic E-state index is 13.1. The van der Waals surface area contributed by atoms with Crippen molar-refractivity contribution in [2.24, 2.45) is 0 Å². The first-order valence-electron chi connectivity index (χ1n) is 9.18. The van der Waals surface area contributed by atoms with Gasteiger partial charge in [0.2, 0.25) is 0 Å². The lowest BCUT2D eigenvalue weighted by atomic mass is 10.1. The molecular formula is C22H18N4OS. The van der Waals surface area contributed by atoms with Crippen LogP contribution in [0.1, 0.15) is 20.9 Å². The normalized spacial score (nSPS) is 13.0. The first kappa shape index (κ1) is 16.9. The van der Waals surface area contributed by atoms with Gasteiger partial charge in [-0.1, -0.05) is 24.3 Å². The molecular weight excluding hydrogens is 368 g/mol. The molecule has 3 aromatic heterocycles. The summed E-state index contributed by atoms with van der Waals surface area (Å²) in [6, 6.07) is 17.8. The third-order valence-corrected chi connectivity index (χ3v) is 5.96. The summed E-state index contributed by atoms with van der Waals surface area (Å²) < 4.78 is 1.98. The molecule has 0 atom stereocenters. The Balaban J connectivity index is 1.65. The van der Waals surface area contributed by atoms with Gasteiger partial charge in [0.1, 0.15) is 5.82 Å². The van der Waals surface area contributed by atoms with Crippen molar-refractivity contribution in [3.8, 4) is 16.9 Å². The Hall–Kier alpha value is -3.25. The van der Waals surface area contributed by atoms with E-state index in [0.29, 0.717) is 12.4 Å². The number of para-hydroxylation sites is 1. The minimum Gasteiger partial charge on any atom is -0.291 e. The van der Waals surface area contributed by atoms with E-state index in [1.54, 1.807) is 11.1 Å². The number of nitrogens with zero attached hydrogens (tertiary/aromatic N) is 4. The second-order valence-electron chi connectivity index (χ2n) is 6.72. The van der Waals surface area contributed by atoms with Crippen molar-refractivity contribution in [3.05, 3.63) is 82.3 Å². The van der Waals surface area contributed by atoms with Crippen LogP contribution >= 0.6 is 11.3 Å². The fourth-order valence-electron chi connectivity index (χ4n) is 3.73. The zero-order chi connectivity index (χ0) is 19.1. The van der Waals surface area contributed by atoms with Crippen molar-refractivity contribution in [2.45, 2.75) is 13.3 Å². The third-order valence-electron chi connectivity index (χ3n) is 5.10. The van der Waals surface area contributed by atoms with Gasteiger partial charge in [0.05, 0.1) is 16.3 Å². The molecule has 0 saturated carbocycles. The summed E-state index contributed by atoms with van der Waals surface area (Å²) in [4.78, 5) is 20.2. The van der Waals surface area contributed by atoms with Gasteiger partial charge in [0.15, 0.2) is 0 Å². The maximum Gasteiger partial charge on any atom is 0.269 e. The average molecular weight is 386 g/mol. The number of fused-ring (bicyclic) bond motifs is 3. The quantitative estimate of drug-likeness (QED) is 0.509. The lowest BCUT2D eigenvalue weighted by Crippen LogP contribution is -2.32. The Morgan fingerprint density at radius 1 is 1.07 bits per heavy atom. The van der Waals surface area contributed by atoms with Gasteiger partial charge >= 0.3 is 0 Å². The molecule has 0 radical (unpaired) electrons. The van der Waals surface area contributed by atoms with Gasteiger partial charge in [-0.05, 0) is 49.1 Å². The van der Waals surface area contributed by atoms with Crippen LogP contribution in [-0.4, -0.2) is 27.2 Å². The van der Waals surface area contributed by atoms with Crippen LogP contribution in [0.4, 0.5) is 5.82 Å². The van der Waals surface area contributed by atoms with E-state index in [0.717, 1.165) is 33.9 Å². The van der Waals surface area contributed by atoms with Crippen LogP contribution in [0.15, 0.2) is 66.2 Å². The Kier molecular flexibility index (Phi) is 4.06. The minimum absolute atomic E-state index is 0.00584. The monoisotopic (exact) mass is 386 g/mol. The molecule has 0 fully saturated rings. The van der Waals surface area contributed by atoms with Crippen molar-refractivity contribution < 1.29 is 4.79 Å². The second kappa shape index (κ2) is 6.73. The predicted octanol–water partition coefficient (Wildman–Crippen LogP) is 4.51. The number of anilines is 1. The van der Waals surface area contributed by atoms with E-state index in [4.69, 9.17) is 5.10 Å². The topological polar surface area (TPSA) is 51.0 Å². The van der Waals surface area contributed by atoms with E-state index in [9.17, 15) is 4.79 Å². The van der Waals surface area contributed by atoms with Gasteiger partial charge < -0.3 is 0 Å². The van der Waals surface area contributed by atoms with Crippen LogP contribution in [0.25, 0.3) is 16.9 Å². The highest BCUT2D eigenvalue weighted by Crippen LogP contribution is 2.37. The van der Waals surface area contributed by atoms with Crippen LogP contribution < -0.4 is 4.90 Å². The summed E-state index contributed by atoms with van der Waals surface area (Å²) in [5.41, 5.74) is 5.11. The van der Waals surface area contributed by atoms with E-state index < -0.39 is 0 Å². The molecule has 4 aromatic rings. The molecule has 0 unspecified atom stereocenters. The number of aromatic nitrogens is 3. The third kappa shape index (κ3) is 2.65. The summed E-state index contributed by atoms with van der Waals surface area (Å²) in [6.45, 7) is 2.67. The molecule has 1 aliphatic heterocycles. The number of hydrogen-bond acceptors (Lipinski definition) is 4. The molecule has 28 heavy (non-hydrogen) atoms. The highest BCUT2D eigenvalue weighted by Gasteiger charge is 2.30. The van der Waals surface area contributed by atoms with Crippen LogP contribution in [-0.2, 0) is 6.42 Å². The van der Waals surface area contributed by atoms with Crippen molar-refractivity contribution in [1.29, 1.82) is 0 Å². The summed E-state index contributed by atoms with van der Waals surface area (Å²) >= 11 is 1.46. The van der Waals surface area contributed by atoms with Crippen LogP contribution in [0, 0.1) is 6.92 Å². The van der Waals surface area contributed by atoms with E-state index in [1.165, 1.54) is 16.9 Å². The molecule has 4 heterocycles. The smallest absolute Gasteiger partial charge is 0.269 e. The Bertz CT molecular complexity index is 1150. The molecule has 1 amide bonds. The van der Waals surface area contributed by atoms with Crippen molar-refractivity contribution in [1.82, 2.24) is 14.8 Å². The molecule has 138 valence electrons. The number of amides is 1. The summed E-state index contributed by atoms with van der Waals surface area (Å²) in [5.74, 6) is 0.672. The van der Waals surface area contributed by atoms with Crippen molar-refractivity contribution >= 4 is 23.1 Å². The Morgan fingerprint density at radius 2 is 1.93 bits per heavy atom. The van der Waals surface area contributed by atoms with Gasteiger partial charge in [-0.3, -0.25) is 9.69 Å². The first-order chi connectivity index (χ1) is 13.7. The molecule has 1 aliphatic rings. The van der Waals surface area contributed by atoms with E-state index in [-0.39, 0.29) is 5.91 Å². The largest absolute Gasteiger partial charge is 0.291 e. The molecule has 0 spiro atoms. The number of rotatable bonds is 2. The highest BCUT2D eigenvalue weighted by molar-refractivity contribution is 7.12. The highest BCUT2D eigenvalue weighted by atomic mass is 32.1. The molecule has 5 rings (SSSR count). The molecule has 0 aliphatic carbocycles. The summed E-state index contributed by atoms with van der Waals surface area (Å²) in [7, 11) is 0. The Morgan fingerprint density at radius 3 is 2.71 bits per heavy atom. The van der Waals surface area contributed by atoms with Gasteiger partial charge in [-0.15, -0.1) is 11.3 Å². The predicted molar refractivity (Wildman–Crippen MR) is 111 cm³/mol. The SMILES string of the molecule is Cc1c2c(nn1-c1ccccc1)-c1cccnc1N(C(=O)c1cccs1)CC2.